The molecular weight excluding hydrogens is 340 g/mol. The highest BCUT2D eigenvalue weighted by atomic mass is 16.2. The highest BCUT2D eigenvalue weighted by Gasteiger charge is 2.28. The van der Waals surface area contributed by atoms with E-state index < -0.39 is 6.04 Å². The van der Waals surface area contributed by atoms with Gasteiger partial charge in [0, 0.05) is 24.8 Å². The van der Waals surface area contributed by atoms with Crippen LogP contribution in [-0.4, -0.2) is 45.9 Å². The van der Waals surface area contributed by atoms with Crippen LogP contribution in [0.3, 0.4) is 0 Å². The van der Waals surface area contributed by atoms with Crippen LogP contribution in [0, 0.1) is 6.92 Å². The fourth-order valence-corrected chi connectivity index (χ4v) is 3.55. The van der Waals surface area contributed by atoms with Gasteiger partial charge in [0.15, 0.2) is 0 Å². The van der Waals surface area contributed by atoms with Gasteiger partial charge in [0.25, 0.3) is 5.91 Å². The lowest BCUT2D eigenvalue weighted by Crippen LogP contribution is -2.50. The number of aryl methyl sites for hydroxylation is 1. The van der Waals surface area contributed by atoms with Gasteiger partial charge in [-0.3, -0.25) is 14.2 Å². The number of imidazole rings is 1. The lowest BCUT2D eigenvalue weighted by molar-refractivity contribution is -0.134. The van der Waals surface area contributed by atoms with Gasteiger partial charge in [0.1, 0.15) is 12.4 Å². The molecule has 0 radical (unpaired) electrons. The van der Waals surface area contributed by atoms with E-state index >= 15 is 0 Å². The predicted octanol–water partition coefficient (Wildman–Crippen LogP) is 2.68. The molecule has 6 nitrogen and oxygen atoms in total. The van der Waals surface area contributed by atoms with Gasteiger partial charge in [0.2, 0.25) is 5.91 Å². The summed E-state index contributed by atoms with van der Waals surface area (Å²) in [6.07, 6.45) is 3.34. The quantitative estimate of drug-likeness (QED) is 0.779. The number of fused-ring (bicyclic) bond motifs is 1. The van der Waals surface area contributed by atoms with E-state index in [0.29, 0.717) is 12.0 Å². The lowest BCUT2D eigenvalue weighted by atomic mass is 10.0. The second-order valence-corrected chi connectivity index (χ2v) is 7.09. The largest absolute Gasteiger partial charge is 0.344 e. The van der Waals surface area contributed by atoms with Crippen LogP contribution in [0.25, 0.3) is 16.7 Å². The van der Waals surface area contributed by atoms with Gasteiger partial charge in [-0.05, 0) is 55.7 Å². The first kappa shape index (κ1) is 17.3. The number of hydrogen-bond acceptors (Lipinski definition) is 3. The highest BCUT2D eigenvalue weighted by Crippen LogP contribution is 2.20. The molecule has 0 bridgehead atoms. The number of carbonyl (C=O) groups excluding carboxylic acids is 2. The van der Waals surface area contributed by atoms with Gasteiger partial charge in [-0.25, -0.2) is 4.98 Å². The highest BCUT2D eigenvalue weighted by molar-refractivity contribution is 6.00. The van der Waals surface area contributed by atoms with Crippen molar-refractivity contribution in [1.29, 1.82) is 0 Å². The molecule has 1 aromatic heterocycles. The number of nitrogens with one attached hydrogen (secondary N) is 1. The Morgan fingerprint density at radius 2 is 2.07 bits per heavy atom. The van der Waals surface area contributed by atoms with Crippen molar-refractivity contribution in [2.24, 2.45) is 0 Å². The minimum atomic E-state index is -0.447. The second kappa shape index (κ2) is 6.87. The van der Waals surface area contributed by atoms with Gasteiger partial charge >= 0.3 is 0 Å². The molecule has 2 aromatic carbocycles. The molecule has 1 unspecified atom stereocenters. The molecule has 6 heteroatoms. The minimum absolute atomic E-state index is 0.0283. The van der Waals surface area contributed by atoms with E-state index in [9.17, 15) is 9.59 Å². The minimum Gasteiger partial charge on any atom is -0.344 e. The maximum absolute atomic E-state index is 12.6. The van der Waals surface area contributed by atoms with E-state index in [1.54, 1.807) is 30.4 Å². The van der Waals surface area contributed by atoms with Crippen molar-refractivity contribution < 1.29 is 9.59 Å². The van der Waals surface area contributed by atoms with Gasteiger partial charge < -0.3 is 10.2 Å². The summed E-state index contributed by atoms with van der Waals surface area (Å²) in [5.74, 6) is -0.268. The number of aromatic nitrogens is 2. The van der Waals surface area contributed by atoms with Gasteiger partial charge in [0.05, 0.1) is 11.0 Å². The monoisotopic (exact) mass is 362 g/mol. The molecule has 138 valence electrons. The predicted molar refractivity (Wildman–Crippen MR) is 104 cm³/mol. The fourth-order valence-electron chi connectivity index (χ4n) is 3.55. The van der Waals surface area contributed by atoms with E-state index in [1.165, 1.54) is 5.56 Å². The van der Waals surface area contributed by atoms with Crippen LogP contribution >= 0.6 is 0 Å². The normalized spacial score (nSPS) is 17.3. The number of rotatable bonds is 3. The van der Waals surface area contributed by atoms with E-state index in [-0.39, 0.29) is 11.8 Å². The van der Waals surface area contributed by atoms with E-state index in [0.717, 1.165) is 29.7 Å². The standard InChI is InChI=1S/C21H22N4O2/c1-14-5-3-6-16(11-14)25-13-22-18-12-15(8-9-19(18)25)20(26)23-17-7-4-10-24(2)21(17)27/h3,5-6,8-9,11-13,17H,4,7,10H2,1-2H3,(H,23,26). The number of hydrogen-bond donors (Lipinski definition) is 1. The third-order valence-corrected chi connectivity index (χ3v) is 5.06. The zero-order valence-corrected chi connectivity index (χ0v) is 15.5. The van der Waals surface area contributed by atoms with E-state index in [1.807, 2.05) is 22.8 Å². The molecule has 1 aliphatic rings. The Balaban J connectivity index is 1.59. The SMILES string of the molecule is Cc1cccc(-n2cnc3cc(C(=O)NC4CCCN(C)C4=O)ccc32)c1. The van der Waals surface area contributed by atoms with Crippen LogP contribution < -0.4 is 5.32 Å². The molecule has 0 aliphatic carbocycles. The third-order valence-electron chi connectivity index (χ3n) is 5.06. The average molecular weight is 362 g/mol. The molecule has 0 spiro atoms. The Kier molecular flexibility index (Phi) is 4.39. The molecule has 0 saturated carbocycles. The zero-order valence-electron chi connectivity index (χ0n) is 15.5. The van der Waals surface area contributed by atoms with Gasteiger partial charge in [-0.15, -0.1) is 0 Å². The molecule has 2 heterocycles. The lowest BCUT2D eigenvalue weighted by Gasteiger charge is -2.29. The van der Waals surface area contributed by atoms with Crippen LogP contribution in [-0.2, 0) is 4.79 Å². The Bertz CT molecular complexity index is 1020. The van der Waals surface area contributed by atoms with Gasteiger partial charge in [-0.1, -0.05) is 12.1 Å². The van der Waals surface area contributed by atoms with E-state index in [2.05, 4.69) is 29.4 Å². The molecule has 27 heavy (non-hydrogen) atoms. The number of likely N-dealkylation sites (tertiary alicyclic amines) is 1. The topological polar surface area (TPSA) is 67.2 Å². The van der Waals surface area contributed by atoms with Crippen molar-refractivity contribution in [3.63, 3.8) is 0 Å². The maximum Gasteiger partial charge on any atom is 0.252 e. The zero-order chi connectivity index (χ0) is 19.0. The Labute approximate surface area is 157 Å². The fraction of sp³-hybridized carbons (Fsp3) is 0.286. The molecule has 3 aromatic rings. The summed E-state index contributed by atoms with van der Waals surface area (Å²) in [6.45, 7) is 2.79. The summed E-state index contributed by atoms with van der Waals surface area (Å²) in [5, 5.41) is 2.86. The third kappa shape index (κ3) is 3.30. The number of benzene rings is 2. The Hall–Kier alpha value is -3.15. The maximum atomic E-state index is 12.6. The first-order valence-electron chi connectivity index (χ1n) is 9.13. The summed E-state index contributed by atoms with van der Waals surface area (Å²) in [5.41, 5.74) is 4.40. The molecule has 2 amide bonds. The first-order valence-corrected chi connectivity index (χ1v) is 9.13. The second-order valence-electron chi connectivity index (χ2n) is 7.09. The molecule has 1 atom stereocenters. The smallest absolute Gasteiger partial charge is 0.252 e. The average Bonchev–Trinajstić information content (AvgIpc) is 3.08. The number of piperidine rings is 1. The summed E-state index contributed by atoms with van der Waals surface area (Å²) in [4.78, 5) is 30.9. The van der Waals surface area contributed by atoms with Crippen molar-refractivity contribution >= 4 is 22.8 Å². The number of amides is 2. The summed E-state index contributed by atoms with van der Waals surface area (Å²) < 4.78 is 2.00. The summed E-state index contributed by atoms with van der Waals surface area (Å²) in [7, 11) is 1.77. The first-order chi connectivity index (χ1) is 13.0. The van der Waals surface area contributed by atoms with Crippen LogP contribution in [0.15, 0.2) is 48.8 Å². The van der Waals surface area contributed by atoms with Crippen LogP contribution in [0.5, 0.6) is 0 Å². The van der Waals surface area contributed by atoms with Gasteiger partial charge in [-0.2, -0.15) is 0 Å². The Morgan fingerprint density at radius 1 is 1.22 bits per heavy atom. The number of likely N-dealkylation sites (N-methyl/N-ethyl adjacent to an activating group) is 1. The molecule has 1 N–H and O–H groups in total. The number of carbonyl (C=O) groups is 2. The van der Waals surface area contributed by atoms with Crippen LogP contribution in [0.2, 0.25) is 0 Å². The van der Waals surface area contributed by atoms with Crippen molar-refractivity contribution in [2.45, 2.75) is 25.8 Å². The van der Waals surface area contributed by atoms with Crippen molar-refractivity contribution in [2.75, 3.05) is 13.6 Å². The molecule has 1 aliphatic heterocycles. The van der Waals surface area contributed by atoms with Crippen LogP contribution in [0.4, 0.5) is 0 Å². The van der Waals surface area contributed by atoms with E-state index in [4.69, 9.17) is 0 Å². The molecule has 1 fully saturated rings. The Morgan fingerprint density at radius 3 is 2.89 bits per heavy atom. The molecule has 1 saturated heterocycles. The molecular formula is C21H22N4O2. The van der Waals surface area contributed by atoms with Crippen molar-refractivity contribution in [3.05, 3.63) is 59.9 Å². The number of nitrogens with zero attached hydrogens (tertiary/aromatic N) is 3. The summed E-state index contributed by atoms with van der Waals surface area (Å²) >= 11 is 0. The van der Waals surface area contributed by atoms with Crippen molar-refractivity contribution in [3.8, 4) is 5.69 Å². The summed E-state index contributed by atoms with van der Waals surface area (Å²) in [6, 6.07) is 13.2. The van der Waals surface area contributed by atoms with Crippen LogP contribution in [0.1, 0.15) is 28.8 Å². The molecule has 4 rings (SSSR count). The van der Waals surface area contributed by atoms with Crippen molar-refractivity contribution in [1.82, 2.24) is 19.8 Å².